The van der Waals surface area contributed by atoms with Gasteiger partial charge in [0, 0.05) is 24.3 Å². The van der Waals surface area contributed by atoms with Crippen LogP contribution in [-0.4, -0.2) is 4.33 Å². The van der Waals surface area contributed by atoms with Gasteiger partial charge in [0.15, 0.2) is 37.9 Å². The lowest BCUT2D eigenvalue weighted by atomic mass is 10.3. The van der Waals surface area contributed by atoms with Gasteiger partial charge in [-0.1, -0.05) is 12.1 Å². The Morgan fingerprint density at radius 2 is 1.00 bits per heavy atom. The van der Waals surface area contributed by atoms with Gasteiger partial charge in [-0.25, -0.2) is 9.13 Å². The van der Waals surface area contributed by atoms with Gasteiger partial charge in [-0.3, -0.25) is 0 Å². The Morgan fingerprint density at radius 3 is 1.33 bits per heavy atom. The van der Waals surface area contributed by atoms with Gasteiger partial charge in [0.25, 0.3) is 0 Å². The molecule has 0 radical (unpaired) electrons. The van der Waals surface area contributed by atoms with E-state index in [9.17, 15) is 0 Å². The highest BCUT2D eigenvalue weighted by atomic mass is 35.5. The van der Waals surface area contributed by atoms with E-state index in [-0.39, 0.29) is 24.8 Å². The van der Waals surface area contributed by atoms with E-state index in [1.165, 1.54) is 0 Å². The normalized spacial score (nSPS) is 21.8. The van der Waals surface area contributed by atoms with Gasteiger partial charge in [0.05, 0.1) is 11.8 Å². The fourth-order valence-electron chi connectivity index (χ4n) is 2.52. The third-order valence-electron chi connectivity index (χ3n) is 3.73. The first-order valence-corrected chi connectivity index (χ1v) is 7.19. The predicted octanol–water partition coefficient (Wildman–Crippen LogP) is -3.61. The van der Waals surface area contributed by atoms with Gasteiger partial charge in [0.1, 0.15) is 4.33 Å². The molecular formula is C15H16Cl4N2. The van der Waals surface area contributed by atoms with E-state index >= 15 is 0 Å². The van der Waals surface area contributed by atoms with Crippen LogP contribution in [0, 0.1) is 11.8 Å². The van der Waals surface area contributed by atoms with Crippen LogP contribution in [-0.2, 0) is 13.1 Å². The second-order valence-corrected chi connectivity index (χ2v) is 6.48. The van der Waals surface area contributed by atoms with Crippen molar-refractivity contribution in [3.63, 3.8) is 0 Å². The number of aromatic nitrogens is 2. The van der Waals surface area contributed by atoms with Crippen LogP contribution in [0.4, 0.5) is 0 Å². The molecule has 2 aromatic heterocycles. The van der Waals surface area contributed by atoms with Crippen LogP contribution in [0.1, 0.15) is 0 Å². The zero-order valence-corrected chi connectivity index (χ0v) is 14.3. The maximum Gasteiger partial charge on any atom is 0.168 e. The summed E-state index contributed by atoms with van der Waals surface area (Å²) in [5.74, 6) is 0.604. The molecule has 0 amide bonds. The number of rotatable bonds is 4. The predicted molar refractivity (Wildman–Crippen MR) is 74.7 cm³/mol. The topological polar surface area (TPSA) is 7.76 Å². The molecule has 6 heteroatoms. The maximum absolute atomic E-state index is 6.41. The average Bonchev–Trinajstić information content (AvgIpc) is 2.93. The quantitative estimate of drug-likeness (QED) is 0.390. The average molecular weight is 366 g/mol. The molecular weight excluding hydrogens is 350 g/mol. The third-order valence-corrected chi connectivity index (χ3v) is 4.86. The van der Waals surface area contributed by atoms with E-state index in [0.717, 1.165) is 13.1 Å². The monoisotopic (exact) mass is 364 g/mol. The van der Waals surface area contributed by atoms with E-state index in [1.54, 1.807) is 0 Å². The maximum atomic E-state index is 6.41. The summed E-state index contributed by atoms with van der Waals surface area (Å²) in [6, 6.07) is 12.1. The Bertz CT molecular complexity index is 499. The molecule has 2 heterocycles. The highest BCUT2D eigenvalue weighted by Crippen LogP contribution is 2.59. The van der Waals surface area contributed by atoms with Crippen LogP contribution in [0.5, 0.6) is 0 Å². The summed E-state index contributed by atoms with van der Waals surface area (Å²) >= 11 is 12.8. The molecule has 0 aliphatic heterocycles. The van der Waals surface area contributed by atoms with Gasteiger partial charge in [0.2, 0.25) is 0 Å². The molecule has 0 N–H and O–H groups in total. The summed E-state index contributed by atoms with van der Waals surface area (Å²) in [5, 5.41) is 0. The van der Waals surface area contributed by atoms with E-state index in [0.29, 0.717) is 11.8 Å². The van der Waals surface area contributed by atoms with Crippen LogP contribution in [0.15, 0.2) is 61.2 Å². The molecule has 2 nitrogen and oxygen atoms in total. The second kappa shape index (κ2) is 7.64. The first-order valence-electron chi connectivity index (χ1n) is 6.44. The van der Waals surface area contributed by atoms with E-state index in [2.05, 4.69) is 33.9 Å². The smallest absolute Gasteiger partial charge is 0.168 e. The lowest BCUT2D eigenvalue weighted by Crippen LogP contribution is -3.00. The first kappa shape index (κ1) is 18.5. The summed E-state index contributed by atoms with van der Waals surface area (Å²) < 4.78 is 3.67. The van der Waals surface area contributed by atoms with Crippen molar-refractivity contribution in [3.05, 3.63) is 61.2 Å². The summed E-state index contributed by atoms with van der Waals surface area (Å²) in [6.07, 6.45) is 8.20. The Morgan fingerprint density at radius 1 is 0.667 bits per heavy atom. The first-order chi connectivity index (χ1) is 9.18. The van der Waals surface area contributed by atoms with Crippen LogP contribution in [0.3, 0.4) is 0 Å². The number of hydrogen-bond donors (Lipinski definition) is 0. The van der Waals surface area contributed by atoms with Crippen molar-refractivity contribution in [2.24, 2.45) is 11.8 Å². The molecule has 0 bridgehead atoms. The third kappa shape index (κ3) is 4.23. The number of hydrogen-bond acceptors (Lipinski definition) is 0. The molecule has 1 aliphatic rings. The number of nitrogens with zero attached hydrogens (tertiary/aromatic N) is 2. The number of halogens is 4. The highest BCUT2D eigenvalue weighted by molar-refractivity contribution is 6.51. The van der Waals surface area contributed by atoms with Gasteiger partial charge >= 0.3 is 0 Å². The molecule has 114 valence electrons. The minimum absolute atomic E-state index is 0. The van der Waals surface area contributed by atoms with Gasteiger partial charge < -0.3 is 24.8 Å². The van der Waals surface area contributed by atoms with Crippen molar-refractivity contribution in [1.29, 1.82) is 0 Å². The minimum atomic E-state index is -0.605. The zero-order valence-electron chi connectivity index (χ0n) is 11.2. The fourth-order valence-corrected chi connectivity index (χ4v) is 3.28. The summed E-state index contributed by atoms with van der Waals surface area (Å²) in [4.78, 5) is 0. The van der Waals surface area contributed by atoms with Crippen LogP contribution in [0.25, 0.3) is 0 Å². The fraction of sp³-hybridized carbons (Fsp3) is 0.333. The zero-order chi connectivity index (χ0) is 13.3. The van der Waals surface area contributed by atoms with Crippen LogP contribution < -0.4 is 33.9 Å². The van der Waals surface area contributed by atoms with Gasteiger partial charge in [-0.15, -0.1) is 23.2 Å². The minimum Gasteiger partial charge on any atom is -1.00 e. The van der Waals surface area contributed by atoms with E-state index in [4.69, 9.17) is 23.2 Å². The molecule has 1 fully saturated rings. The molecule has 0 aromatic carbocycles. The molecule has 2 unspecified atom stereocenters. The molecule has 1 saturated carbocycles. The van der Waals surface area contributed by atoms with Crippen LogP contribution in [0.2, 0.25) is 0 Å². The molecule has 0 spiro atoms. The molecule has 2 aromatic rings. The standard InChI is InChI=1S/C15H16Cl2N2.2ClH/c16-15(17)13(11-18-7-3-1-4-8-18)14(15)12-19-9-5-2-6-10-19;;/h1-10,13-14H,11-12H2;2*1H/q+2;;/p-2. The Kier molecular flexibility index (Phi) is 6.73. The molecule has 2 atom stereocenters. The largest absolute Gasteiger partial charge is 1.00 e. The summed E-state index contributed by atoms with van der Waals surface area (Å²) in [5.41, 5.74) is 0. The molecule has 1 aliphatic carbocycles. The molecule has 3 rings (SSSR count). The van der Waals surface area contributed by atoms with Crippen LogP contribution >= 0.6 is 23.2 Å². The Labute approximate surface area is 147 Å². The highest BCUT2D eigenvalue weighted by Gasteiger charge is 2.66. The molecule has 0 saturated heterocycles. The van der Waals surface area contributed by atoms with Crippen molar-refractivity contribution in [2.75, 3.05) is 0 Å². The van der Waals surface area contributed by atoms with E-state index < -0.39 is 4.33 Å². The lowest BCUT2D eigenvalue weighted by molar-refractivity contribution is -0.709. The van der Waals surface area contributed by atoms with Gasteiger partial charge in [-0.05, 0) is 0 Å². The lowest BCUT2D eigenvalue weighted by Gasteiger charge is -1.95. The Hall–Kier alpha value is -0.540. The SMILES string of the molecule is ClC1(Cl)C(C[n+]2ccccc2)C1C[n+]1ccccc1.[Cl-].[Cl-]. The van der Waals surface area contributed by atoms with E-state index in [1.807, 2.05) is 36.4 Å². The Balaban J connectivity index is 0.00000110. The van der Waals surface area contributed by atoms with Gasteiger partial charge in [-0.2, -0.15) is 0 Å². The van der Waals surface area contributed by atoms with Crippen molar-refractivity contribution < 1.29 is 33.9 Å². The summed E-state index contributed by atoms with van der Waals surface area (Å²) in [7, 11) is 0. The molecule has 21 heavy (non-hydrogen) atoms. The summed E-state index contributed by atoms with van der Waals surface area (Å²) in [6.45, 7) is 1.73. The number of pyridine rings is 2. The van der Waals surface area contributed by atoms with Crippen molar-refractivity contribution in [1.82, 2.24) is 0 Å². The van der Waals surface area contributed by atoms with Crippen molar-refractivity contribution in [3.8, 4) is 0 Å². The van der Waals surface area contributed by atoms with Crippen molar-refractivity contribution >= 4 is 23.2 Å². The number of alkyl halides is 2. The second-order valence-electron chi connectivity index (χ2n) is 5.03. The van der Waals surface area contributed by atoms with Crippen molar-refractivity contribution in [2.45, 2.75) is 17.4 Å².